The zero-order valence-electron chi connectivity index (χ0n) is 23.7. The second-order valence-corrected chi connectivity index (χ2v) is 13.1. The Labute approximate surface area is 252 Å². The maximum Gasteiger partial charge on any atom is 0.243 e. The van der Waals surface area contributed by atoms with Gasteiger partial charge in [-0.15, -0.1) is 0 Å². The molecule has 3 aromatic rings. The lowest BCUT2D eigenvalue weighted by Gasteiger charge is -2.33. The molecule has 0 spiro atoms. The van der Waals surface area contributed by atoms with E-state index in [1.165, 1.54) is 16.4 Å². The highest BCUT2D eigenvalue weighted by Gasteiger charge is 2.32. The summed E-state index contributed by atoms with van der Waals surface area (Å²) in [7, 11) is -3.62. The van der Waals surface area contributed by atoms with Gasteiger partial charge in [-0.25, -0.2) is 12.8 Å². The minimum Gasteiger partial charge on any atom is -0.352 e. The molecule has 224 valence electrons. The summed E-state index contributed by atoms with van der Waals surface area (Å²) < 4.78 is 40.1. The number of carbonyl (C=O) groups excluding carboxylic acids is 2. The molecule has 42 heavy (non-hydrogen) atoms. The first kappa shape index (κ1) is 31.5. The van der Waals surface area contributed by atoms with Gasteiger partial charge in [0.15, 0.2) is 0 Å². The molecule has 0 bridgehead atoms. The van der Waals surface area contributed by atoms with Crippen molar-refractivity contribution in [1.29, 1.82) is 0 Å². The van der Waals surface area contributed by atoms with Gasteiger partial charge in [-0.3, -0.25) is 13.9 Å². The van der Waals surface area contributed by atoms with E-state index in [2.05, 4.69) is 5.32 Å². The number of hydrogen-bond donors (Lipinski definition) is 1. The number of halogens is 2. The van der Waals surface area contributed by atoms with Crippen molar-refractivity contribution in [3.63, 3.8) is 0 Å². The molecule has 1 aliphatic carbocycles. The normalized spacial score (nSPS) is 14.4. The second kappa shape index (κ2) is 14.6. The Morgan fingerprint density at radius 2 is 1.60 bits per heavy atom. The highest BCUT2D eigenvalue weighted by Crippen LogP contribution is 2.23. The van der Waals surface area contributed by atoms with Crippen molar-refractivity contribution in [2.75, 3.05) is 17.1 Å². The molecule has 1 saturated carbocycles. The van der Waals surface area contributed by atoms with E-state index >= 15 is 0 Å². The zero-order chi connectivity index (χ0) is 30.1. The van der Waals surface area contributed by atoms with Gasteiger partial charge >= 0.3 is 0 Å². The molecule has 7 nitrogen and oxygen atoms in total. The van der Waals surface area contributed by atoms with Crippen molar-refractivity contribution in [3.8, 4) is 0 Å². The Kier molecular flexibility index (Phi) is 11.0. The summed E-state index contributed by atoms with van der Waals surface area (Å²) in [6.45, 7) is 0.190. The molecule has 0 aromatic heterocycles. The van der Waals surface area contributed by atoms with Crippen molar-refractivity contribution in [2.45, 2.75) is 63.6 Å². The van der Waals surface area contributed by atoms with E-state index in [-0.39, 0.29) is 49.6 Å². The second-order valence-electron chi connectivity index (χ2n) is 10.8. The first-order valence-electron chi connectivity index (χ1n) is 14.2. The molecule has 2 amide bonds. The van der Waals surface area contributed by atoms with Crippen molar-refractivity contribution < 1.29 is 22.4 Å². The Morgan fingerprint density at radius 1 is 0.952 bits per heavy atom. The smallest absolute Gasteiger partial charge is 0.243 e. The molecular formula is C32H37ClFN3O4S. The Morgan fingerprint density at radius 3 is 2.21 bits per heavy atom. The van der Waals surface area contributed by atoms with Crippen LogP contribution < -0.4 is 9.62 Å². The molecule has 1 atom stereocenters. The van der Waals surface area contributed by atoms with Gasteiger partial charge < -0.3 is 10.2 Å². The largest absolute Gasteiger partial charge is 0.352 e. The van der Waals surface area contributed by atoms with Crippen LogP contribution in [0.4, 0.5) is 10.1 Å². The van der Waals surface area contributed by atoms with Crippen LogP contribution in [-0.2, 0) is 32.6 Å². The third kappa shape index (κ3) is 9.03. The zero-order valence-corrected chi connectivity index (χ0v) is 25.3. The number of hydrogen-bond acceptors (Lipinski definition) is 4. The summed E-state index contributed by atoms with van der Waals surface area (Å²) in [6.07, 6.45) is 5.59. The molecule has 1 fully saturated rings. The van der Waals surface area contributed by atoms with Crippen LogP contribution in [0.2, 0.25) is 5.02 Å². The molecule has 1 N–H and O–H groups in total. The average molecular weight is 614 g/mol. The van der Waals surface area contributed by atoms with E-state index < -0.39 is 16.1 Å². The van der Waals surface area contributed by atoms with E-state index in [0.717, 1.165) is 37.5 Å². The first-order valence-corrected chi connectivity index (χ1v) is 16.4. The minimum absolute atomic E-state index is 0.0167. The van der Waals surface area contributed by atoms with Gasteiger partial charge in [-0.1, -0.05) is 66.9 Å². The monoisotopic (exact) mass is 613 g/mol. The third-order valence-corrected chi connectivity index (χ3v) is 8.95. The molecule has 4 rings (SSSR count). The van der Waals surface area contributed by atoms with Crippen LogP contribution in [0.3, 0.4) is 0 Å². The standard InChI is InChI=1S/C32H37ClFN3O4S/c1-42(40,41)37(29-19-15-26(33)16-20-29)21-7-12-31(38)36(23-25-13-17-27(34)18-14-25)30(22-24-8-3-2-4-9-24)32(39)35-28-10-5-6-11-28/h2-4,8-9,13-20,28,30H,5-7,10-12,21-23H2,1H3,(H,35,39)/t30-/m0/s1. The number of anilines is 1. The molecule has 3 aromatic carbocycles. The predicted octanol–water partition coefficient (Wildman–Crippen LogP) is 5.72. The first-order chi connectivity index (χ1) is 20.1. The number of amides is 2. The van der Waals surface area contributed by atoms with Crippen molar-refractivity contribution >= 4 is 39.1 Å². The summed E-state index contributed by atoms with van der Waals surface area (Å²) in [4.78, 5) is 29.2. The van der Waals surface area contributed by atoms with Crippen LogP contribution in [-0.4, -0.2) is 50.0 Å². The number of nitrogens with one attached hydrogen (secondary N) is 1. The number of nitrogens with zero attached hydrogens (tertiary/aromatic N) is 2. The van der Waals surface area contributed by atoms with Crippen LogP contribution in [0.1, 0.15) is 49.7 Å². The van der Waals surface area contributed by atoms with E-state index in [0.29, 0.717) is 22.7 Å². The molecule has 0 unspecified atom stereocenters. The van der Waals surface area contributed by atoms with E-state index in [1.54, 1.807) is 41.3 Å². The molecule has 0 aliphatic heterocycles. The molecular weight excluding hydrogens is 577 g/mol. The quantitative estimate of drug-likeness (QED) is 0.267. The topological polar surface area (TPSA) is 86.8 Å². The lowest BCUT2D eigenvalue weighted by atomic mass is 10.0. The molecule has 10 heteroatoms. The summed E-state index contributed by atoms with van der Waals surface area (Å²) in [5.74, 6) is -0.897. The fraction of sp³-hybridized carbons (Fsp3) is 0.375. The predicted molar refractivity (Wildman–Crippen MR) is 164 cm³/mol. The summed E-state index contributed by atoms with van der Waals surface area (Å²) in [6, 6.07) is 21.1. The minimum atomic E-state index is -3.62. The van der Waals surface area contributed by atoms with Crippen LogP contribution >= 0.6 is 11.6 Å². The van der Waals surface area contributed by atoms with Crippen LogP contribution in [0.25, 0.3) is 0 Å². The van der Waals surface area contributed by atoms with Crippen LogP contribution in [0, 0.1) is 5.82 Å². The summed E-state index contributed by atoms with van der Waals surface area (Å²) in [5.41, 5.74) is 2.05. The number of benzene rings is 3. The third-order valence-electron chi connectivity index (χ3n) is 7.51. The van der Waals surface area contributed by atoms with Gasteiger partial charge in [0, 0.05) is 37.0 Å². The lowest BCUT2D eigenvalue weighted by molar-refractivity contribution is -0.141. The van der Waals surface area contributed by atoms with Gasteiger partial charge in [0.1, 0.15) is 11.9 Å². The van der Waals surface area contributed by atoms with Gasteiger partial charge in [0.05, 0.1) is 11.9 Å². The lowest BCUT2D eigenvalue weighted by Crippen LogP contribution is -2.52. The number of sulfonamides is 1. The molecule has 0 heterocycles. The highest BCUT2D eigenvalue weighted by atomic mass is 35.5. The van der Waals surface area contributed by atoms with Gasteiger partial charge in [0.25, 0.3) is 0 Å². The maximum absolute atomic E-state index is 13.9. The Bertz CT molecular complexity index is 1430. The fourth-order valence-corrected chi connectivity index (χ4v) is 6.41. The maximum atomic E-state index is 13.9. The average Bonchev–Trinajstić information content (AvgIpc) is 3.47. The number of carbonyl (C=O) groups is 2. The molecule has 0 saturated heterocycles. The molecule has 0 radical (unpaired) electrons. The van der Waals surface area contributed by atoms with Crippen molar-refractivity contribution in [1.82, 2.24) is 10.2 Å². The SMILES string of the molecule is CS(=O)(=O)N(CCCC(=O)N(Cc1ccc(F)cc1)[C@@H](Cc1ccccc1)C(=O)NC1CCCC1)c1ccc(Cl)cc1. The van der Waals surface area contributed by atoms with E-state index in [4.69, 9.17) is 11.6 Å². The van der Waals surface area contributed by atoms with Crippen LogP contribution in [0.15, 0.2) is 78.9 Å². The van der Waals surface area contributed by atoms with Crippen molar-refractivity contribution in [2.24, 2.45) is 0 Å². The Balaban J connectivity index is 1.57. The van der Waals surface area contributed by atoms with Gasteiger partial charge in [-0.2, -0.15) is 0 Å². The van der Waals surface area contributed by atoms with E-state index in [1.807, 2.05) is 30.3 Å². The number of rotatable bonds is 13. The fourth-order valence-electron chi connectivity index (χ4n) is 5.32. The highest BCUT2D eigenvalue weighted by molar-refractivity contribution is 7.92. The summed E-state index contributed by atoms with van der Waals surface area (Å²) in [5, 5.41) is 3.64. The van der Waals surface area contributed by atoms with Gasteiger partial charge in [0.2, 0.25) is 21.8 Å². The van der Waals surface area contributed by atoms with Crippen LogP contribution in [0.5, 0.6) is 0 Å². The Hall–Kier alpha value is -3.43. The van der Waals surface area contributed by atoms with Crippen molar-refractivity contribution in [3.05, 3.63) is 101 Å². The summed E-state index contributed by atoms with van der Waals surface area (Å²) >= 11 is 5.98. The van der Waals surface area contributed by atoms with Gasteiger partial charge in [-0.05, 0) is 66.8 Å². The molecule has 1 aliphatic rings. The van der Waals surface area contributed by atoms with E-state index in [9.17, 15) is 22.4 Å².